The summed E-state index contributed by atoms with van der Waals surface area (Å²) in [4.78, 5) is 0. The first kappa shape index (κ1) is 14.0. The molecule has 0 amide bonds. The molecule has 1 saturated carbocycles. The fraction of sp³-hybridized carbons (Fsp3) is 1.00. The monoisotopic (exact) mass is 226 g/mol. The van der Waals surface area contributed by atoms with Crippen molar-refractivity contribution in [2.45, 2.75) is 79.8 Å². The van der Waals surface area contributed by atoms with Gasteiger partial charge in [0, 0.05) is 0 Å². The normalized spacial score (nSPS) is 31.7. The molecule has 1 rings (SSSR count). The van der Waals surface area contributed by atoms with Crippen molar-refractivity contribution < 1.29 is 5.11 Å². The molecule has 1 fully saturated rings. The minimum atomic E-state index is -0.208. The Balaban J connectivity index is 2.61. The number of hydrogen-bond acceptors (Lipinski definition) is 1. The zero-order valence-corrected chi connectivity index (χ0v) is 12.1. The minimum Gasteiger partial charge on any atom is -0.393 e. The highest BCUT2D eigenvalue weighted by atomic mass is 16.3. The molecule has 1 nitrogen and oxygen atoms in total. The van der Waals surface area contributed by atoms with Gasteiger partial charge in [0.15, 0.2) is 0 Å². The topological polar surface area (TPSA) is 20.2 Å². The smallest absolute Gasteiger partial charge is 0.0563 e. The summed E-state index contributed by atoms with van der Waals surface area (Å²) in [6, 6.07) is 0. The largest absolute Gasteiger partial charge is 0.393 e. The van der Waals surface area contributed by atoms with Gasteiger partial charge < -0.3 is 5.11 Å². The fourth-order valence-corrected chi connectivity index (χ4v) is 2.83. The van der Waals surface area contributed by atoms with E-state index in [9.17, 15) is 5.11 Å². The molecule has 1 aliphatic rings. The lowest BCUT2D eigenvalue weighted by molar-refractivity contribution is 0.0317. The van der Waals surface area contributed by atoms with Crippen LogP contribution < -0.4 is 0 Å². The van der Waals surface area contributed by atoms with E-state index in [1.807, 2.05) is 6.92 Å². The summed E-state index contributed by atoms with van der Waals surface area (Å²) in [5.41, 5.74) is 1.00. The lowest BCUT2D eigenvalue weighted by Crippen LogP contribution is -2.33. The Kier molecular flexibility index (Phi) is 3.79. The zero-order chi connectivity index (χ0) is 12.6. The van der Waals surface area contributed by atoms with E-state index >= 15 is 0 Å². The summed E-state index contributed by atoms with van der Waals surface area (Å²) >= 11 is 0. The predicted octanol–water partition coefficient (Wildman–Crippen LogP) is 4.39. The van der Waals surface area contributed by atoms with E-state index in [1.54, 1.807) is 0 Å². The maximum atomic E-state index is 9.77. The maximum Gasteiger partial charge on any atom is 0.0563 e. The van der Waals surface area contributed by atoms with Crippen molar-refractivity contribution in [3.63, 3.8) is 0 Å². The van der Waals surface area contributed by atoms with Crippen molar-refractivity contribution in [2.75, 3.05) is 0 Å². The Bertz CT molecular complexity index is 240. The molecule has 0 spiro atoms. The molecular formula is C15H30O. The van der Waals surface area contributed by atoms with Gasteiger partial charge in [-0.05, 0) is 48.9 Å². The van der Waals surface area contributed by atoms with E-state index in [1.165, 1.54) is 25.7 Å². The highest BCUT2D eigenvalue weighted by Gasteiger charge is 2.45. The van der Waals surface area contributed by atoms with Crippen molar-refractivity contribution in [3.8, 4) is 0 Å². The second kappa shape index (κ2) is 4.33. The Morgan fingerprint density at radius 1 is 1.19 bits per heavy atom. The van der Waals surface area contributed by atoms with Gasteiger partial charge in [0.1, 0.15) is 0 Å². The molecule has 1 aliphatic carbocycles. The van der Waals surface area contributed by atoms with Gasteiger partial charge in [-0.3, -0.25) is 0 Å². The maximum absolute atomic E-state index is 9.77. The van der Waals surface area contributed by atoms with Crippen LogP contribution in [0.2, 0.25) is 0 Å². The molecule has 0 aliphatic heterocycles. The molecule has 0 heterocycles. The molecule has 1 N–H and O–H groups in total. The van der Waals surface area contributed by atoms with Crippen molar-refractivity contribution >= 4 is 0 Å². The molecule has 0 aromatic heterocycles. The molecule has 0 bridgehead atoms. The second-order valence-electron chi connectivity index (χ2n) is 7.46. The molecule has 0 aromatic carbocycles. The van der Waals surface area contributed by atoms with Crippen molar-refractivity contribution in [1.82, 2.24) is 0 Å². The first-order valence-corrected chi connectivity index (χ1v) is 6.79. The molecule has 16 heavy (non-hydrogen) atoms. The summed E-state index contributed by atoms with van der Waals surface area (Å²) < 4.78 is 0. The van der Waals surface area contributed by atoms with Gasteiger partial charge >= 0.3 is 0 Å². The summed E-state index contributed by atoms with van der Waals surface area (Å²) in [5.74, 6) is 0. The van der Waals surface area contributed by atoms with E-state index in [0.29, 0.717) is 10.8 Å². The van der Waals surface area contributed by atoms with Crippen molar-refractivity contribution in [3.05, 3.63) is 0 Å². The Labute approximate surface area is 102 Å². The van der Waals surface area contributed by atoms with Gasteiger partial charge in [-0.15, -0.1) is 0 Å². The molecule has 2 atom stereocenters. The minimum absolute atomic E-state index is 0.0572. The van der Waals surface area contributed by atoms with Gasteiger partial charge in [0.2, 0.25) is 0 Å². The van der Waals surface area contributed by atoms with Gasteiger partial charge in [-0.25, -0.2) is 0 Å². The lowest BCUT2D eigenvalue weighted by Gasteiger charge is -2.41. The van der Waals surface area contributed by atoms with E-state index < -0.39 is 0 Å². The second-order valence-corrected chi connectivity index (χ2v) is 7.46. The Hall–Kier alpha value is -0.0400. The number of aliphatic hydroxyl groups is 1. The van der Waals surface area contributed by atoms with Crippen LogP contribution in [0.25, 0.3) is 0 Å². The summed E-state index contributed by atoms with van der Waals surface area (Å²) in [5, 5.41) is 9.77. The van der Waals surface area contributed by atoms with E-state index in [-0.39, 0.29) is 11.5 Å². The third kappa shape index (κ3) is 2.61. The first-order valence-electron chi connectivity index (χ1n) is 6.79. The SMILES string of the molecule is CC(O)C(C)(C)CCC1(C)CCCC1(C)C. The van der Waals surface area contributed by atoms with E-state index in [0.717, 1.165) is 6.42 Å². The van der Waals surface area contributed by atoms with Gasteiger partial charge in [-0.2, -0.15) is 0 Å². The quantitative estimate of drug-likeness (QED) is 0.753. The molecule has 0 saturated heterocycles. The molecular weight excluding hydrogens is 196 g/mol. The van der Waals surface area contributed by atoms with Crippen molar-refractivity contribution in [2.24, 2.45) is 16.2 Å². The van der Waals surface area contributed by atoms with Crippen LogP contribution in [0.5, 0.6) is 0 Å². The van der Waals surface area contributed by atoms with Gasteiger partial charge in [0.05, 0.1) is 6.10 Å². The molecule has 2 unspecified atom stereocenters. The number of rotatable bonds is 4. The van der Waals surface area contributed by atoms with Gasteiger partial charge in [0.25, 0.3) is 0 Å². The average Bonchev–Trinajstić information content (AvgIpc) is 2.39. The third-order valence-electron chi connectivity index (χ3n) is 5.62. The van der Waals surface area contributed by atoms with Crippen LogP contribution in [0.4, 0.5) is 0 Å². The fourth-order valence-electron chi connectivity index (χ4n) is 2.83. The predicted molar refractivity (Wildman–Crippen MR) is 70.4 cm³/mol. The summed E-state index contributed by atoms with van der Waals surface area (Å²) in [6.45, 7) is 13.6. The van der Waals surface area contributed by atoms with Crippen LogP contribution in [0.15, 0.2) is 0 Å². The van der Waals surface area contributed by atoms with Crippen LogP contribution in [0, 0.1) is 16.2 Å². The average molecular weight is 226 g/mol. The highest BCUT2D eigenvalue weighted by molar-refractivity contribution is 4.95. The molecule has 96 valence electrons. The van der Waals surface area contributed by atoms with Crippen molar-refractivity contribution in [1.29, 1.82) is 0 Å². The lowest BCUT2D eigenvalue weighted by atomic mass is 9.64. The Morgan fingerprint density at radius 3 is 2.12 bits per heavy atom. The number of hydrogen-bond donors (Lipinski definition) is 1. The van der Waals surface area contributed by atoms with Crippen LogP contribution in [-0.2, 0) is 0 Å². The summed E-state index contributed by atoms with van der Waals surface area (Å²) in [7, 11) is 0. The standard InChI is InChI=1S/C15H30O/c1-12(16)13(2,3)10-11-15(6)9-7-8-14(15,4)5/h12,16H,7-11H2,1-6H3. The van der Waals surface area contributed by atoms with Crippen LogP contribution in [0.3, 0.4) is 0 Å². The van der Waals surface area contributed by atoms with Crippen LogP contribution in [0.1, 0.15) is 73.6 Å². The molecule has 0 radical (unpaired) electrons. The highest BCUT2D eigenvalue weighted by Crippen LogP contribution is 2.55. The molecule has 1 heteroatoms. The first-order chi connectivity index (χ1) is 7.11. The van der Waals surface area contributed by atoms with E-state index in [2.05, 4.69) is 34.6 Å². The molecule has 0 aromatic rings. The van der Waals surface area contributed by atoms with E-state index in [4.69, 9.17) is 0 Å². The van der Waals surface area contributed by atoms with Gasteiger partial charge in [-0.1, -0.05) is 41.0 Å². The van der Waals surface area contributed by atoms with Crippen LogP contribution in [-0.4, -0.2) is 11.2 Å². The van der Waals surface area contributed by atoms with Crippen LogP contribution >= 0.6 is 0 Å². The number of aliphatic hydroxyl groups excluding tert-OH is 1. The Morgan fingerprint density at radius 2 is 1.75 bits per heavy atom. The zero-order valence-electron chi connectivity index (χ0n) is 12.1. The summed E-state index contributed by atoms with van der Waals surface area (Å²) in [6.07, 6.45) is 6.26. The third-order valence-corrected chi connectivity index (χ3v) is 5.62.